The summed E-state index contributed by atoms with van der Waals surface area (Å²) in [6.07, 6.45) is 16.4. The lowest BCUT2D eigenvalue weighted by Gasteiger charge is -2.50. The average Bonchev–Trinajstić information content (AvgIpc) is 0.837. The number of ether oxygens (including phenoxy) is 6. The van der Waals surface area contributed by atoms with Gasteiger partial charge in [0.05, 0.1) is 50.7 Å². The maximum Gasteiger partial charge on any atom is 0.364 e. The monoisotopic (exact) mass is 1290 g/mol. The normalized spacial score (nSPS) is 28.6. The van der Waals surface area contributed by atoms with Crippen molar-refractivity contribution in [3.63, 3.8) is 0 Å². The second kappa shape index (κ2) is 48.2. The number of nitrogens with one attached hydrogen (secondary N) is 2. The highest BCUT2D eigenvalue weighted by Crippen LogP contribution is 2.39. The van der Waals surface area contributed by atoms with Gasteiger partial charge in [0.15, 0.2) is 12.6 Å². The molecule has 0 spiro atoms. The zero-order chi connectivity index (χ0) is 66.1. The highest BCUT2D eigenvalue weighted by molar-refractivity contribution is 5.77. The molecular weight excluding hydrogens is 1170 g/mol. The number of carbonyl (C=O) groups excluding carboxylic acids is 2. The van der Waals surface area contributed by atoms with Gasteiger partial charge < -0.3 is 100 Å². The number of carboxylic acids is 1. The molecule has 2 amide bonds. The number of unbranched alkanes of at least 4 members (excludes halogenated alkanes) is 31. The SMILES string of the molecule is CCCCCCCCC/C=C\CCCCCCCC(=O)NC(COC1OC(CO)C(OC2OC(CO)C(O)C(OC3(C(=O)O)CC(O)C(NC(C)=O)C(C(O)C(O)CO)O3)C2O)C(O)C1O)C(O)CCCCCCCCCCCCCCCCCCCCCC. The first kappa shape index (κ1) is 81.7. The third-order valence-electron chi connectivity index (χ3n) is 18.0. The van der Waals surface area contributed by atoms with Gasteiger partial charge in [-0.2, -0.15) is 0 Å². The molecule has 3 fully saturated rings. The topological polar surface area (TPSA) is 373 Å². The molecule has 0 saturated carbocycles. The molecule has 18 unspecified atom stereocenters. The van der Waals surface area contributed by atoms with Crippen molar-refractivity contribution in [2.24, 2.45) is 0 Å². The first-order valence-electron chi connectivity index (χ1n) is 35.0. The molecule has 3 aliphatic heterocycles. The summed E-state index contributed by atoms with van der Waals surface area (Å²) in [7, 11) is 0. The van der Waals surface area contributed by atoms with Gasteiger partial charge >= 0.3 is 5.97 Å². The van der Waals surface area contributed by atoms with Gasteiger partial charge in [-0.05, 0) is 38.5 Å². The Kier molecular flexibility index (Phi) is 43.8. The molecule has 0 bridgehead atoms. The minimum atomic E-state index is -3.08. The molecule has 23 nitrogen and oxygen atoms in total. The van der Waals surface area contributed by atoms with Crippen molar-refractivity contribution in [1.82, 2.24) is 10.6 Å². The summed E-state index contributed by atoms with van der Waals surface area (Å²) < 4.78 is 34.9. The molecule has 0 aliphatic carbocycles. The molecule has 3 saturated heterocycles. The van der Waals surface area contributed by atoms with E-state index in [0.29, 0.717) is 19.3 Å². The Bertz CT molecular complexity index is 1870. The van der Waals surface area contributed by atoms with Crippen LogP contribution < -0.4 is 10.6 Å². The predicted octanol–water partition coefficient (Wildman–Crippen LogP) is 6.29. The van der Waals surface area contributed by atoms with Crippen LogP contribution >= 0.6 is 0 Å². The maximum absolute atomic E-state index is 13.5. The van der Waals surface area contributed by atoms with Crippen LogP contribution in [0.15, 0.2) is 12.2 Å². The van der Waals surface area contributed by atoms with Crippen molar-refractivity contribution in [2.45, 2.75) is 368 Å². The van der Waals surface area contributed by atoms with E-state index in [1.54, 1.807) is 0 Å². The number of rotatable bonds is 53. The van der Waals surface area contributed by atoms with Crippen molar-refractivity contribution in [1.29, 1.82) is 0 Å². The number of amides is 2. The lowest BCUT2D eigenvalue weighted by molar-refractivity contribution is -0.386. The van der Waals surface area contributed by atoms with Gasteiger partial charge in [-0.3, -0.25) is 9.59 Å². The lowest BCUT2D eigenvalue weighted by atomic mass is 9.88. The molecule has 0 aromatic heterocycles. The molecule has 3 aliphatic rings. The second-order valence-electron chi connectivity index (χ2n) is 25.7. The molecule has 0 aromatic rings. The minimum absolute atomic E-state index is 0.215. The van der Waals surface area contributed by atoms with Gasteiger partial charge in [0.25, 0.3) is 5.79 Å². The summed E-state index contributed by atoms with van der Waals surface area (Å²) in [4.78, 5) is 38.5. The standard InChI is InChI=1S/C67H124N2O21/c1-4-6-8-10-12-14-16-18-20-22-23-24-25-26-28-30-32-34-36-38-40-49(74)48(69-54(77)41-39-37-35-33-31-29-27-21-19-17-15-13-11-9-7-5-2)46-85-64-59(81)58(80)61(53(45-72)87-64)88-65-60(82)63(57(79)52(44-71)86-65)90-67(66(83)84)42-50(75)55(68-47(3)73)62(89-67)56(78)51(76)43-70/h21,27,48-53,55-65,70-72,74-76,78-82H,4-20,22-26,28-46H2,1-3H3,(H,68,73)(H,69,77)(H,83,84)/b27-21-. The summed E-state index contributed by atoms with van der Waals surface area (Å²) in [6.45, 7) is 2.21. The number of carboxylic acid groups (broad SMARTS) is 1. The van der Waals surface area contributed by atoms with Gasteiger partial charge in [-0.1, -0.05) is 212 Å². The highest BCUT2D eigenvalue weighted by atomic mass is 16.8. The summed E-state index contributed by atoms with van der Waals surface area (Å²) >= 11 is 0. The Morgan fingerprint density at radius 1 is 0.567 bits per heavy atom. The third-order valence-corrected chi connectivity index (χ3v) is 18.0. The zero-order valence-corrected chi connectivity index (χ0v) is 55.0. The van der Waals surface area contributed by atoms with E-state index in [1.807, 2.05) is 0 Å². The van der Waals surface area contributed by atoms with Gasteiger partial charge in [0.2, 0.25) is 11.8 Å². The van der Waals surface area contributed by atoms with Crippen molar-refractivity contribution in [3.05, 3.63) is 12.2 Å². The number of hydrogen-bond acceptors (Lipinski definition) is 20. The molecule has 23 heteroatoms. The number of aliphatic hydroxyl groups is 11. The van der Waals surface area contributed by atoms with Crippen LogP contribution in [0, 0.1) is 0 Å². The second-order valence-corrected chi connectivity index (χ2v) is 25.7. The van der Waals surface area contributed by atoms with E-state index in [4.69, 9.17) is 28.4 Å². The molecule has 14 N–H and O–H groups in total. The van der Waals surface area contributed by atoms with Gasteiger partial charge in [0.1, 0.15) is 67.1 Å². The fourth-order valence-corrected chi connectivity index (χ4v) is 12.4. The van der Waals surface area contributed by atoms with Crippen LogP contribution in [0.1, 0.15) is 258 Å². The number of allylic oxidation sites excluding steroid dienone is 2. The Hall–Kier alpha value is -2.53. The van der Waals surface area contributed by atoms with Gasteiger partial charge in [-0.15, -0.1) is 0 Å². The summed E-state index contributed by atoms with van der Waals surface area (Å²) in [5, 5.41) is 136. The molecule has 18 atom stereocenters. The first-order valence-corrected chi connectivity index (χ1v) is 35.0. The number of carbonyl (C=O) groups is 3. The maximum atomic E-state index is 13.5. The van der Waals surface area contributed by atoms with Crippen molar-refractivity contribution < 1.29 is 104 Å². The Morgan fingerprint density at radius 3 is 1.50 bits per heavy atom. The lowest BCUT2D eigenvalue weighted by Crippen LogP contribution is -2.70. The Morgan fingerprint density at radius 2 is 1.03 bits per heavy atom. The van der Waals surface area contributed by atoms with Crippen molar-refractivity contribution in [3.8, 4) is 0 Å². The summed E-state index contributed by atoms with van der Waals surface area (Å²) in [5.41, 5.74) is 0. The smallest absolute Gasteiger partial charge is 0.364 e. The Balaban J connectivity index is 1.60. The van der Waals surface area contributed by atoms with Crippen LogP contribution in [0.3, 0.4) is 0 Å². The van der Waals surface area contributed by atoms with Crippen molar-refractivity contribution in [2.75, 3.05) is 26.4 Å². The number of hydrogen-bond donors (Lipinski definition) is 14. The third kappa shape index (κ3) is 30.5. The summed E-state index contributed by atoms with van der Waals surface area (Å²) in [5.74, 6) is -6.11. The van der Waals surface area contributed by atoms with E-state index in [-0.39, 0.29) is 18.9 Å². The molecular formula is C67H124N2O21. The highest BCUT2D eigenvalue weighted by Gasteiger charge is 2.60. The van der Waals surface area contributed by atoms with E-state index in [9.17, 15) is 75.7 Å². The molecule has 90 heavy (non-hydrogen) atoms. The number of aliphatic carboxylic acids is 1. The van der Waals surface area contributed by atoms with E-state index in [1.165, 1.54) is 141 Å². The van der Waals surface area contributed by atoms with Crippen LogP contribution in [0.2, 0.25) is 0 Å². The van der Waals surface area contributed by atoms with Crippen molar-refractivity contribution >= 4 is 17.8 Å². The summed E-state index contributed by atoms with van der Waals surface area (Å²) in [6, 6.07) is -2.53. The van der Waals surface area contributed by atoms with Crippen LogP contribution in [-0.4, -0.2) is 215 Å². The van der Waals surface area contributed by atoms with E-state index >= 15 is 0 Å². The minimum Gasteiger partial charge on any atom is -0.477 e. The Labute approximate surface area is 537 Å². The first-order chi connectivity index (χ1) is 43.4. The van der Waals surface area contributed by atoms with Gasteiger partial charge in [-0.25, -0.2) is 4.79 Å². The van der Waals surface area contributed by atoms with E-state index in [2.05, 4.69) is 36.6 Å². The molecule has 3 heterocycles. The van der Waals surface area contributed by atoms with Crippen LogP contribution in [0.5, 0.6) is 0 Å². The van der Waals surface area contributed by atoms with E-state index in [0.717, 1.165) is 71.1 Å². The fraction of sp³-hybridized carbons (Fsp3) is 0.925. The fourth-order valence-electron chi connectivity index (χ4n) is 12.4. The molecule has 0 aromatic carbocycles. The zero-order valence-electron chi connectivity index (χ0n) is 55.0. The van der Waals surface area contributed by atoms with Crippen LogP contribution in [0.25, 0.3) is 0 Å². The van der Waals surface area contributed by atoms with Crippen LogP contribution in [-0.2, 0) is 42.8 Å². The largest absolute Gasteiger partial charge is 0.477 e. The quantitative estimate of drug-likeness (QED) is 0.0235. The predicted molar refractivity (Wildman–Crippen MR) is 338 cm³/mol. The van der Waals surface area contributed by atoms with Gasteiger partial charge in [0, 0.05) is 19.8 Å². The molecule has 528 valence electrons. The van der Waals surface area contributed by atoms with Crippen LogP contribution in [0.4, 0.5) is 0 Å². The number of aliphatic hydroxyl groups excluding tert-OH is 11. The molecule has 3 rings (SSSR count). The average molecular weight is 1290 g/mol. The molecule has 0 radical (unpaired) electrons. The van der Waals surface area contributed by atoms with E-state index < -0.39 is 148 Å².